The van der Waals surface area contributed by atoms with E-state index in [4.69, 9.17) is 0 Å². The van der Waals surface area contributed by atoms with E-state index >= 15 is 0 Å². The van der Waals surface area contributed by atoms with E-state index in [2.05, 4.69) is 36.8 Å². The number of imidazole rings is 1. The lowest BCUT2D eigenvalue weighted by Crippen LogP contribution is -2.45. The molecule has 0 saturated carbocycles. The minimum absolute atomic E-state index is 0.315. The molecule has 3 heterocycles. The van der Waals surface area contributed by atoms with Crippen LogP contribution in [0.25, 0.3) is 33.5 Å². The third kappa shape index (κ3) is 4.25. The standard InChI is InChI=1S/C23H20F4N6/c1-32-6-8-33(9-7-32)22-28-12-15(13-29-22)17-10-19-20(11-18(17)24)31-21(30-19)14-2-4-16(5-3-14)23(25,26)27/h2-5,10-13H,6-9H2,1H3,(H,30,31). The molecule has 0 atom stereocenters. The first-order chi connectivity index (χ1) is 15.8. The molecule has 0 amide bonds. The van der Waals surface area contributed by atoms with Crippen LogP contribution in [0.3, 0.4) is 0 Å². The maximum absolute atomic E-state index is 14.8. The molecule has 0 aliphatic carbocycles. The Hall–Kier alpha value is -3.53. The predicted molar refractivity (Wildman–Crippen MR) is 117 cm³/mol. The molecular weight excluding hydrogens is 436 g/mol. The summed E-state index contributed by atoms with van der Waals surface area (Å²) < 4.78 is 53.3. The summed E-state index contributed by atoms with van der Waals surface area (Å²) in [7, 11) is 2.07. The Morgan fingerprint density at radius 1 is 0.909 bits per heavy atom. The Kier molecular flexibility index (Phi) is 5.24. The van der Waals surface area contributed by atoms with Crippen molar-refractivity contribution in [3.05, 3.63) is 60.2 Å². The molecule has 1 aliphatic heterocycles. The zero-order valence-corrected chi connectivity index (χ0v) is 17.7. The number of nitrogens with zero attached hydrogens (tertiary/aromatic N) is 5. The van der Waals surface area contributed by atoms with Crippen LogP contribution in [0.1, 0.15) is 5.56 Å². The lowest BCUT2D eigenvalue weighted by Gasteiger charge is -2.32. The van der Waals surface area contributed by atoms with Gasteiger partial charge in [0.1, 0.15) is 11.6 Å². The quantitative estimate of drug-likeness (QED) is 0.457. The van der Waals surface area contributed by atoms with Gasteiger partial charge in [-0.1, -0.05) is 12.1 Å². The van der Waals surface area contributed by atoms with Crippen molar-refractivity contribution in [1.29, 1.82) is 0 Å². The van der Waals surface area contributed by atoms with Crippen molar-refractivity contribution in [2.75, 3.05) is 38.1 Å². The highest BCUT2D eigenvalue weighted by atomic mass is 19.4. The number of halogens is 4. The summed E-state index contributed by atoms with van der Waals surface area (Å²) in [5, 5.41) is 0. The maximum atomic E-state index is 14.8. The molecule has 170 valence electrons. The summed E-state index contributed by atoms with van der Waals surface area (Å²) in [6, 6.07) is 7.57. The fourth-order valence-electron chi connectivity index (χ4n) is 3.84. The highest BCUT2D eigenvalue weighted by Crippen LogP contribution is 2.32. The number of likely N-dealkylation sites (N-methyl/N-ethyl adjacent to an activating group) is 1. The molecule has 10 heteroatoms. The van der Waals surface area contributed by atoms with Crippen molar-refractivity contribution in [2.24, 2.45) is 0 Å². The number of aromatic nitrogens is 4. The predicted octanol–water partition coefficient (Wildman–Crippen LogP) is 4.60. The van der Waals surface area contributed by atoms with Crippen molar-refractivity contribution >= 4 is 17.0 Å². The van der Waals surface area contributed by atoms with E-state index in [1.807, 2.05) is 0 Å². The van der Waals surface area contributed by atoms with Gasteiger partial charge in [-0.05, 0) is 25.2 Å². The number of hydrogen-bond donors (Lipinski definition) is 1. The van der Waals surface area contributed by atoms with Crippen LogP contribution in [0.5, 0.6) is 0 Å². The minimum atomic E-state index is -4.41. The molecule has 5 rings (SSSR count). The van der Waals surface area contributed by atoms with E-state index in [9.17, 15) is 17.6 Å². The normalized spacial score (nSPS) is 15.4. The van der Waals surface area contributed by atoms with Crippen LogP contribution in [0.15, 0.2) is 48.8 Å². The smallest absolute Gasteiger partial charge is 0.338 e. The molecule has 0 radical (unpaired) electrons. The number of aromatic amines is 1. The fourth-order valence-corrected chi connectivity index (χ4v) is 3.84. The molecule has 1 aliphatic rings. The lowest BCUT2D eigenvalue weighted by atomic mass is 10.1. The van der Waals surface area contributed by atoms with Gasteiger partial charge in [0, 0.05) is 61.3 Å². The van der Waals surface area contributed by atoms with Crippen LogP contribution >= 0.6 is 0 Å². The number of piperazine rings is 1. The van der Waals surface area contributed by atoms with Gasteiger partial charge >= 0.3 is 6.18 Å². The molecule has 1 N–H and O–H groups in total. The molecule has 1 saturated heterocycles. The third-order valence-electron chi connectivity index (χ3n) is 5.79. The number of fused-ring (bicyclic) bond motifs is 1. The second-order valence-corrected chi connectivity index (χ2v) is 8.07. The second kappa shape index (κ2) is 8.11. The van der Waals surface area contributed by atoms with E-state index in [-0.39, 0.29) is 0 Å². The average molecular weight is 456 g/mol. The first kappa shape index (κ1) is 21.3. The number of nitrogens with one attached hydrogen (secondary N) is 1. The van der Waals surface area contributed by atoms with Gasteiger partial charge < -0.3 is 14.8 Å². The molecule has 0 bridgehead atoms. The molecule has 1 fully saturated rings. The van der Waals surface area contributed by atoms with Crippen LogP contribution in [-0.2, 0) is 6.18 Å². The summed E-state index contributed by atoms with van der Waals surface area (Å²) in [5.41, 5.74) is 1.51. The molecule has 2 aromatic carbocycles. The average Bonchev–Trinajstić information content (AvgIpc) is 3.21. The van der Waals surface area contributed by atoms with Gasteiger partial charge in [-0.3, -0.25) is 0 Å². The number of H-pyrrole nitrogens is 1. The highest BCUT2D eigenvalue weighted by molar-refractivity contribution is 5.84. The van der Waals surface area contributed by atoms with E-state index in [0.717, 1.165) is 38.3 Å². The summed E-state index contributed by atoms with van der Waals surface area (Å²) in [6.07, 6.45) is -1.22. The third-order valence-corrected chi connectivity index (χ3v) is 5.79. The van der Waals surface area contributed by atoms with Gasteiger partial charge in [0.15, 0.2) is 0 Å². The number of benzene rings is 2. The summed E-state index contributed by atoms with van der Waals surface area (Å²) in [4.78, 5) is 20.6. The molecule has 6 nitrogen and oxygen atoms in total. The topological polar surface area (TPSA) is 60.9 Å². The first-order valence-corrected chi connectivity index (χ1v) is 10.4. The zero-order valence-electron chi connectivity index (χ0n) is 17.7. The number of rotatable bonds is 3. The van der Waals surface area contributed by atoms with Crippen molar-refractivity contribution in [1.82, 2.24) is 24.8 Å². The minimum Gasteiger partial charge on any atom is -0.338 e. The van der Waals surface area contributed by atoms with Gasteiger partial charge in [-0.2, -0.15) is 13.2 Å². The molecule has 0 unspecified atom stereocenters. The van der Waals surface area contributed by atoms with E-state index in [1.165, 1.54) is 18.2 Å². The summed E-state index contributed by atoms with van der Waals surface area (Å²) in [6.45, 7) is 3.52. The second-order valence-electron chi connectivity index (χ2n) is 8.07. The van der Waals surface area contributed by atoms with Gasteiger partial charge in [-0.15, -0.1) is 0 Å². The largest absolute Gasteiger partial charge is 0.416 e. The Morgan fingerprint density at radius 3 is 2.21 bits per heavy atom. The van der Waals surface area contributed by atoms with Crippen LogP contribution in [0, 0.1) is 5.82 Å². The number of anilines is 1. The van der Waals surface area contributed by atoms with Crippen LogP contribution in [0.2, 0.25) is 0 Å². The molecular formula is C23H20F4N6. The van der Waals surface area contributed by atoms with Crippen LogP contribution in [-0.4, -0.2) is 58.1 Å². The maximum Gasteiger partial charge on any atom is 0.416 e. The Morgan fingerprint density at radius 2 is 1.58 bits per heavy atom. The van der Waals surface area contributed by atoms with Crippen LogP contribution < -0.4 is 4.90 Å². The highest BCUT2D eigenvalue weighted by Gasteiger charge is 2.30. The van der Waals surface area contributed by atoms with E-state index in [0.29, 0.717) is 39.5 Å². The summed E-state index contributed by atoms with van der Waals surface area (Å²) >= 11 is 0. The summed E-state index contributed by atoms with van der Waals surface area (Å²) in [5.74, 6) is 0.486. The zero-order chi connectivity index (χ0) is 23.2. The Balaban J connectivity index is 1.42. The molecule has 0 spiro atoms. The van der Waals surface area contributed by atoms with Crippen molar-refractivity contribution in [3.63, 3.8) is 0 Å². The lowest BCUT2D eigenvalue weighted by molar-refractivity contribution is -0.137. The van der Waals surface area contributed by atoms with Crippen molar-refractivity contribution in [3.8, 4) is 22.5 Å². The number of hydrogen-bond acceptors (Lipinski definition) is 5. The van der Waals surface area contributed by atoms with Gasteiger partial charge in [0.05, 0.1) is 16.6 Å². The Labute approximate surface area is 186 Å². The number of alkyl halides is 3. The van der Waals surface area contributed by atoms with Crippen LogP contribution in [0.4, 0.5) is 23.5 Å². The van der Waals surface area contributed by atoms with Gasteiger partial charge in [0.2, 0.25) is 5.95 Å². The van der Waals surface area contributed by atoms with Gasteiger partial charge in [0.25, 0.3) is 0 Å². The SMILES string of the molecule is CN1CCN(c2ncc(-c3cc4[nH]c(-c5ccc(C(F)(F)F)cc5)nc4cc3F)cn2)CC1. The van der Waals surface area contributed by atoms with E-state index < -0.39 is 17.6 Å². The molecule has 2 aromatic heterocycles. The van der Waals surface area contributed by atoms with Crippen molar-refractivity contribution < 1.29 is 17.6 Å². The monoisotopic (exact) mass is 456 g/mol. The van der Waals surface area contributed by atoms with Gasteiger partial charge in [-0.25, -0.2) is 19.3 Å². The first-order valence-electron chi connectivity index (χ1n) is 10.4. The Bertz CT molecular complexity index is 1270. The van der Waals surface area contributed by atoms with E-state index in [1.54, 1.807) is 18.5 Å². The fraction of sp³-hybridized carbons (Fsp3) is 0.261. The van der Waals surface area contributed by atoms with Crippen molar-refractivity contribution in [2.45, 2.75) is 6.18 Å². The molecule has 4 aromatic rings. The molecule has 33 heavy (non-hydrogen) atoms.